The van der Waals surface area contributed by atoms with Gasteiger partial charge in [-0.3, -0.25) is 9.59 Å². The van der Waals surface area contributed by atoms with Crippen LogP contribution < -0.4 is 10.1 Å². The molecule has 132 valence electrons. The summed E-state index contributed by atoms with van der Waals surface area (Å²) < 4.78 is 5.12. The molecular formula is C20H23NO4. The van der Waals surface area contributed by atoms with E-state index in [1.165, 1.54) is 0 Å². The van der Waals surface area contributed by atoms with Crippen LogP contribution in [0.3, 0.4) is 0 Å². The first-order valence-electron chi connectivity index (χ1n) is 8.16. The first kappa shape index (κ1) is 18.5. The fraction of sp³-hybridized carbons (Fsp3) is 0.300. The Morgan fingerprint density at radius 3 is 2.08 bits per heavy atom. The van der Waals surface area contributed by atoms with Gasteiger partial charge in [0.25, 0.3) is 0 Å². The van der Waals surface area contributed by atoms with Crippen LogP contribution in [0.1, 0.15) is 36.9 Å². The summed E-state index contributed by atoms with van der Waals surface area (Å²) in [5, 5.41) is 12.3. The van der Waals surface area contributed by atoms with Gasteiger partial charge in [0.05, 0.1) is 25.0 Å². The van der Waals surface area contributed by atoms with E-state index in [0.717, 1.165) is 16.9 Å². The first-order valence-corrected chi connectivity index (χ1v) is 8.16. The highest BCUT2D eigenvalue weighted by Gasteiger charge is 2.28. The standard InChI is InChI=1S/C20H23NO4/c1-13(15-9-11-17(25-3)12-10-15)19(22)21-18(14(2)20(23)24)16-7-5-4-6-8-16/h4-14,18H,1-3H3,(H,21,22)(H,23,24). The molecule has 5 nitrogen and oxygen atoms in total. The van der Waals surface area contributed by atoms with Crippen molar-refractivity contribution in [3.05, 3.63) is 65.7 Å². The van der Waals surface area contributed by atoms with Crippen LogP contribution in [0.2, 0.25) is 0 Å². The predicted molar refractivity (Wildman–Crippen MR) is 95.5 cm³/mol. The third kappa shape index (κ3) is 4.59. The summed E-state index contributed by atoms with van der Waals surface area (Å²) >= 11 is 0. The van der Waals surface area contributed by atoms with E-state index in [2.05, 4.69) is 5.32 Å². The Balaban J connectivity index is 2.19. The Kier molecular flexibility index (Phi) is 6.17. The van der Waals surface area contributed by atoms with Gasteiger partial charge >= 0.3 is 5.97 Å². The van der Waals surface area contributed by atoms with Crippen molar-refractivity contribution in [2.24, 2.45) is 5.92 Å². The summed E-state index contributed by atoms with van der Waals surface area (Å²) in [6.45, 7) is 3.39. The highest BCUT2D eigenvalue weighted by Crippen LogP contribution is 2.25. The Hall–Kier alpha value is -2.82. The van der Waals surface area contributed by atoms with E-state index < -0.39 is 23.8 Å². The maximum absolute atomic E-state index is 12.7. The van der Waals surface area contributed by atoms with Crippen LogP contribution in [-0.2, 0) is 9.59 Å². The lowest BCUT2D eigenvalue weighted by atomic mass is 9.93. The van der Waals surface area contributed by atoms with Crippen molar-refractivity contribution in [1.29, 1.82) is 0 Å². The number of aliphatic carboxylic acids is 1. The first-order chi connectivity index (χ1) is 11.9. The number of ether oxygens (including phenoxy) is 1. The summed E-state index contributed by atoms with van der Waals surface area (Å²) in [5.41, 5.74) is 1.61. The molecule has 2 aromatic carbocycles. The second kappa shape index (κ2) is 8.33. The van der Waals surface area contributed by atoms with E-state index >= 15 is 0 Å². The van der Waals surface area contributed by atoms with E-state index in [-0.39, 0.29) is 5.91 Å². The number of rotatable bonds is 7. The summed E-state index contributed by atoms with van der Waals surface area (Å²) in [6, 6.07) is 15.8. The lowest BCUT2D eigenvalue weighted by molar-refractivity contribution is -0.142. The van der Waals surface area contributed by atoms with Gasteiger partial charge in [-0.15, -0.1) is 0 Å². The molecule has 3 atom stereocenters. The van der Waals surface area contributed by atoms with E-state index in [0.29, 0.717) is 0 Å². The van der Waals surface area contributed by atoms with Gasteiger partial charge in [0, 0.05) is 0 Å². The number of carbonyl (C=O) groups excluding carboxylic acids is 1. The van der Waals surface area contributed by atoms with Crippen LogP contribution in [0.5, 0.6) is 5.75 Å². The fourth-order valence-electron chi connectivity index (χ4n) is 2.62. The largest absolute Gasteiger partial charge is 0.497 e. The minimum Gasteiger partial charge on any atom is -0.497 e. The van der Waals surface area contributed by atoms with Crippen LogP contribution >= 0.6 is 0 Å². The average Bonchev–Trinajstić information content (AvgIpc) is 2.65. The number of methoxy groups -OCH3 is 1. The monoisotopic (exact) mass is 341 g/mol. The minimum absolute atomic E-state index is 0.216. The number of carboxylic acids is 1. The molecule has 0 bridgehead atoms. The third-order valence-electron chi connectivity index (χ3n) is 4.36. The molecule has 25 heavy (non-hydrogen) atoms. The normalized spacial score (nSPS) is 14.2. The van der Waals surface area contributed by atoms with Crippen molar-refractivity contribution in [2.45, 2.75) is 25.8 Å². The Morgan fingerprint density at radius 1 is 0.960 bits per heavy atom. The van der Waals surface area contributed by atoms with Gasteiger partial charge in [-0.1, -0.05) is 42.5 Å². The summed E-state index contributed by atoms with van der Waals surface area (Å²) in [4.78, 5) is 24.1. The summed E-state index contributed by atoms with van der Waals surface area (Å²) in [7, 11) is 1.59. The molecule has 0 aromatic heterocycles. The summed E-state index contributed by atoms with van der Waals surface area (Å²) in [6.07, 6.45) is 0. The SMILES string of the molecule is COc1ccc(C(C)C(=O)NC(c2ccccc2)C(C)C(=O)O)cc1. The molecule has 0 fully saturated rings. The quantitative estimate of drug-likeness (QED) is 0.809. The second-order valence-corrected chi connectivity index (χ2v) is 6.02. The summed E-state index contributed by atoms with van der Waals surface area (Å²) in [5.74, 6) is -1.59. The topological polar surface area (TPSA) is 75.6 Å². The molecule has 0 spiro atoms. The van der Waals surface area contributed by atoms with Crippen LogP contribution in [0.25, 0.3) is 0 Å². The lowest BCUT2D eigenvalue weighted by Crippen LogP contribution is -2.37. The van der Waals surface area contributed by atoms with Crippen molar-refractivity contribution in [3.63, 3.8) is 0 Å². The molecule has 0 heterocycles. The number of hydrogen-bond donors (Lipinski definition) is 2. The van der Waals surface area contributed by atoms with Crippen molar-refractivity contribution < 1.29 is 19.4 Å². The molecule has 2 aromatic rings. The van der Waals surface area contributed by atoms with Crippen molar-refractivity contribution in [2.75, 3.05) is 7.11 Å². The van der Waals surface area contributed by atoms with Gasteiger partial charge in [-0.2, -0.15) is 0 Å². The van der Waals surface area contributed by atoms with E-state index in [1.54, 1.807) is 33.1 Å². The maximum Gasteiger partial charge on any atom is 0.308 e. The van der Waals surface area contributed by atoms with Crippen LogP contribution in [0, 0.1) is 5.92 Å². The maximum atomic E-state index is 12.7. The molecule has 1 amide bonds. The van der Waals surface area contributed by atoms with E-state index in [4.69, 9.17) is 4.74 Å². The molecule has 0 radical (unpaired) electrons. The molecule has 0 saturated carbocycles. The molecule has 2 rings (SSSR count). The highest BCUT2D eigenvalue weighted by molar-refractivity contribution is 5.84. The number of carbonyl (C=O) groups is 2. The molecule has 0 aliphatic heterocycles. The molecule has 0 aliphatic carbocycles. The predicted octanol–water partition coefficient (Wildman–Crippen LogP) is 3.38. The van der Waals surface area contributed by atoms with Gasteiger partial charge in [-0.05, 0) is 37.1 Å². The Bertz CT molecular complexity index is 712. The molecular weight excluding hydrogens is 318 g/mol. The number of hydrogen-bond acceptors (Lipinski definition) is 3. The van der Waals surface area contributed by atoms with E-state index in [9.17, 15) is 14.7 Å². The zero-order valence-corrected chi connectivity index (χ0v) is 14.6. The second-order valence-electron chi connectivity index (χ2n) is 6.02. The molecule has 5 heteroatoms. The van der Waals surface area contributed by atoms with Crippen molar-refractivity contribution in [1.82, 2.24) is 5.32 Å². The zero-order valence-electron chi connectivity index (χ0n) is 14.6. The Morgan fingerprint density at radius 2 is 1.56 bits per heavy atom. The highest BCUT2D eigenvalue weighted by atomic mass is 16.5. The lowest BCUT2D eigenvalue weighted by Gasteiger charge is -2.25. The molecule has 2 N–H and O–H groups in total. The number of benzene rings is 2. The Labute approximate surface area is 147 Å². The molecule has 3 unspecified atom stereocenters. The van der Waals surface area contributed by atoms with Gasteiger partial charge < -0.3 is 15.2 Å². The van der Waals surface area contributed by atoms with Crippen LogP contribution in [-0.4, -0.2) is 24.1 Å². The number of nitrogens with one attached hydrogen (secondary N) is 1. The fourth-order valence-corrected chi connectivity index (χ4v) is 2.62. The van der Waals surface area contributed by atoms with Crippen LogP contribution in [0.15, 0.2) is 54.6 Å². The van der Waals surface area contributed by atoms with Crippen molar-refractivity contribution in [3.8, 4) is 5.75 Å². The van der Waals surface area contributed by atoms with Crippen LogP contribution in [0.4, 0.5) is 0 Å². The van der Waals surface area contributed by atoms with Gasteiger partial charge in [-0.25, -0.2) is 0 Å². The third-order valence-corrected chi connectivity index (χ3v) is 4.36. The van der Waals surface area contributed by atoms with Gasteiger partial charge in [0.2, 0.25) is 5.91 Å². The number of carboxylic acid groups (broad SMARTS) is 1. The van der Waals surface area contributed by atoms with E-state index in [1.807, 2.05) is 42.5 Å². The number of amides is 1. The van der Waals surface area contributed by atoms with Gasteiger partial charge in [0.15, 0.2) is 0 Å². The van der Waals surface area contributed by atoms with Gasteiger partial charge in [0.1, 0.15) is 5.75 Å². The molecule has 0 aliphatic rings. The average molecular weight is 341 g/mol. The molecule has 0 saturated heterocycles. The zero-order chi connectivity index (χ0) is 18.4. The minimum atomic E-state index is -0.953. The van der Waals surface area contributed by atoms with Crippen molar-refractivity contribution >= 4 is 11.9 Å². The smallest absolute Gasteiger partial charge is 0.308 e.